The number of para-hydroxylation sites is 1. The average molecular weight is 350 g/mol. The zero-order chi connectivity index (χ0) is 17.8. The minimum atomic E-state index is -0.0860. The first-order valence-electron chi connectivity index (χ1n) is 9.35. The van der Waals surface area contributed by atoms with E-state index < -0.39 is 0 Å². The van der Waals surface area contributed by atoms with Crippen LogP contribution >= 0.6 is 0 Å². The van der Waals surface area contributed by atoms with Gasteiger partial charge in [0.2, 0.25) is 5.91 Å². The van der Waals surface area contributed by atoms with Gasteiger partial charge in [0, 0.05) is 37.6 Å². The predicted molar refractivity (Wildman–Crippen MR) is 96.8 cm³/mol. The molecule has 6 heteroatoms. The predicted octanol–water partition coefficient (Wildman–Crippen LogP) is 2.00. The molecule has 3 aliphatic rings. The SMILES string of the molecule is Cn1nccc1C(=O)N1C2CCC1C(C(=O)N1CCc3ccccc31)C2. The second kappa shape index (κ2) is 5.69. The quantitative estimate of drug-likeness (QED) is 0.832. The van der Waals surface area contributed by atoms with Crippen molar-refractivity contribution in [2.75, 3.05) is 11.4 Å². The molecular formula is C20H22N4O2. The highest BCUT2D eigenvalue weighted by Crippen LogP contribution is 2.44. The number of carbonyl (C=O) groups is 2. The summed E-state index contributed by atoms with van der Waals surface area (Å²) in [6.07, 6.45) is 5.26. The molecule has 6 nitrogen and oxygen atoms in total. The first kappa shape index (κ1) is 15.6. The molecule has 26 heavy (non-hydrogen) atoms. The molecule has 4 heterocycles. The third kappa shape index (κ3) is 2.14. The summed E-state index contributed by atoms with van der Waals surface area (Å²) in [5, 5.41) is 4.12. The van der Waals surface area contributed by atoms with E-state index in [0.29, 0.717) is 5.69 Å². The van der Waals surface area contributed by atoms with Gasteiger partial charge >= 0.3 is 0 Å². The van der Waals surface area contributed by atoms with E-state index in [9.17, 15) is 9.59 Å². The maximum Gasteiger partial charge on any atom is 0.272 e. The summed E-state index contributed by atoms with van der Waals surface area (Å²) >= 11 is 0. The standard InChI is InChI=1S/C20H22N4O2/c1-22-18(8-10-21-22)20(26)24-14-6-7-17(24)15(12-14)19(25)23-11-9-13-4-2-3-5-16(13)23/h2-5,8,10,14-15,17H,6-7,9,11-12H2,1H3. The van der Waals surface area contributed by atoms with Crippen LogP contribution in [-0.4, -0.2) is 45.1 Å². The summed E-state index contributed by atoms with van der Waals surface area (Å²) in [5.74, 6) is 0.108. The Hall–Kier alpha value is -2.63. The Morgan fingerprint density at radius 1 is 1.15 bits per heavy atom. The molecule has 2 saturated heterocycles. The normalized spacial score (nSPS) is 26.4. The lowest BCUT2D eigenvalue weighted by atomic mass is 9.88. The van der Waals surface area contributed by atoms with Gasteiger partial charge in [-0.05, 0) is 43.4 Å². The van der Waals surface area contributed by atoms with E-state index in [1.54, 1.807) is 24.0 Å². The zero-order valence-electron chi connectivity index (χ0n) is 14.8. The third-order valence-electron chi connectivity index (χ3n) is 6.28. The van der Waals surface area contributed by atoms with Crippen molar-refractivity contribution >= 4 is 17.5 Å². The Morgan fingerprint density at radius 3 is 2.81 bits per heavy atom. The van der Waals surface area contributed by atoms with E-state index in [-0.39, 0.29) is 29.8 Å². The lowest BCUT2D eigenvalue weighted by Gasteiger charge is -2.27. The summed E-state index contributed by atoms with van der Waals surface area (Å²) in [4.78, 5) is 30.2. The highest BCUT2D eigenvalue weighted by molar-refractivity contribution is 5.99. The van der Waals surface area contributed by atoms with E-state index >= 15 is 0 Å². The molecule has 134 valence electrons. The van der Waals surface area contributed by atoms with E-state index in [4.69, 9.17) is 0 Å². The summed E-state index contributed by atoms with van der Waals surface area (Å²) < 4.78 is 1.62. The van der Waals surface area contributed by atoms with Crippen molar-refractivity contribution in [2.24, 2.45) is 13.0 Å². The number of amides is 2. The first-order valence-corrected chi connectivity index (χ1v) is 9.35. The monoisotopic (exact) mass is 350 g/mol. The Labute approximate surface area is 152 Å². The fraction of sp³-hybridized carbons (Fsp3) is 0.450. The number of carbonyl (C=O) groups excluding carboxylic acids is 2. The van der Waals surface area contributed by atoms with Gasteiger partial charge in [0.1, 0.15) is 5.69 Å². The van der Waals surface area contributed by atoms with Crippen molar-refractivity contribution in [2.45, 2.75) is 37.8 Å². The van der Waals surface area contributed by atoms with Crippen LogP contribution in [0.4, 0.5) is 5.69 Å². The lowest BCUT2D eigenvalue weighted by molar-refractivity contribution is -0.123. The van der Waals surface area contributed by atoms with Crippen molar-refractivity contribution in [1.29, 1.82) is 0 Å². The smallest absolute Gasteiger partial charge is 0.272 e. The van der Waals surface area contributed by atoms with Crippen molar-refractivity contribution in [1.82, 2.24) is 14.7 Å². The van der Waals surface area contributed by atoms with Gasteiger partial charge in [0.05, 0.1) is 5.92 Å². The van der Waals surface area contributed by atoms with Crippen molar-refractivity contribution in [3.05, 3.63) is 47.8 Å². The molecule has 0 spiro atoms. The molecule has 1 aromatic heterocycles. The summed E-state index contributed by atoms with van der Waals surface area (Å²) in [6, 6.07) is 10.1. The third-order valence-corrected chi connectivity index (χ3v) is 6.28. The Bertz CT molecular complexity index is 889. The van der Waals surface area contributed by atoms with Crippen LogP contribution in [0.1, 0.15) is 35.3 Å². The van der Waals surface area contributed by atoms with Gasteiger partial charge in [-0.25, -0.2) is 0 Å². The molecule has 1 aromatic carbocycles. The fourth-order valence-electron chi connectivity index (χ4n) is 5.05. The summed E-state index contributed by atoms with van der Waals surface area (Å²) in [6.45, 7) is 0.752. The van der Waals surface area contributed by atoms with E-state index in [0.717, 1.165) is 37.9 Å². The van der Waals surface area contributed by atoms with Gasteiger partial charge < -0.3 is 9.80 Å². The molecule has 0 N–H and O–H groups in total. The molecule has 3 unspecified atom stereocenters. The number of rotatable bonds is 2. The van der Waals surface area contributed by atoms with E-state index in [1.807, 2.05) is 28.0 Å². The number of fused-ring (bicyclic) bond motifs is 3. The number of hydrogen-bond acceptors (Lipinski definition) is 3. The van der Waals surface area contributed by atoms with Gasteiger partial charge in [-0.15, -0.1) is 0 Å². The van der Waals surface area contributed by atoms with Crippen LogP contribution < -0.4 is 4.90 Å². The van der Waals surface area contributed by atoms with Crippen LogP contribution in [0.3, 0.4) is 0 Å². The summed E-state index contributed by atoms with van der Waals surface area (Å²) in [7, 11) is 1.79. The summed E-state index contributed by atoms with van der Waals surface area (Å²) in [5.41, 5.74) is 2.89. The zero-order valence-corrected chi connectivity index (χ0v) is 14.8. The van der Waals surface area contributed by atoms with Crippen molar-refractivity contribution in [3.8, 4) is 0 Å². The van der Waals surface area contributed by atoms with Crippen LogP contribution in [0.2, 0.25) is 0 Å². The fourth-order valence-corrected chi connectivity index (χ4v) is 5.05. The molecule has 0 aliphatic carbocycles. The van der Waals surface area contributed by atoms with E-state index in [2.05, 4.69) is 11.2 Å². The first-order chi connectivity index (χ1) is 12.6. The van der Waals surface area contributed by atoms with Crippen molar-refractivity contribution < 1.29 is 9.59 Å². The number of aryl methyl sites for hydroxylation is 1. The number of aromatic nitrogens is 2. The number of nitrogens with zero attached hydrogens (tertiary/aromatic N) is 4. The Morgan fingerprint density at radius 2 is 2.00 bits per heavy atom. The van der Waals surface area contributed by atoms with Crippen molar-refractivity contribution in [3.63, 3.8) is 0 Å². The van der Waals surface area contributed by atoms with Crippen LogP contribution in [0.5, 0.6) is 0 Å². The average Bonchev–Trinajstić information content (AvgIpc) is 3.42. The molecule has 3 aliphatic heterocycles. The molecule has 5 rings (SSSR count). The van der Waals surface area contributed by atoms with Gasteiger partial charge in [-0.1, -0.05) is 18.2 Å². The number of hydrogen-bond donors (Lipinski definition) is 0. The molecular weight excluding hydrogens is 328 g/mol. The van der Waals surface area contributed by atoms with Crippen LogP contribution in [0, 0.1) is 5.92 Å². The van der Waals surface area contributed by atoms with Gasteiger partial charge in [0.25, 0.3) is 5.91 Å². The molecule has 3 atom stereocenters. The number of benzene rings is 1. The highest BCUT2D eigenvalue weighted by Gasteiger charge is 2.52. The second-order valence-electron chi connectivity index (χ2n) is 7.56. The molecule has 2 bridgehead atoms. The van der Waals surface area contributed by atoms with Gasteiger partial charge in [-0.3, -0.25) is 14.3 Å². The van der Waals surface area contributed by atoms with Gasteiger partial charge in [0.15, 0.2) is 0 Å². The van der Waals surface area contributed by atoms with E-state index in [1.165, 1.54) is 5.56 Å². The minimum absolute atomic E-state index is 0.00891. The molecule has 2 fully saturated rings. The molecule has 2 aromatic rings. The molecule has 2 amide bonds. The Balaban J connectivity index is 1.40. The second-order valence-corrected chi connectivity index (χ2v) is 7.56. The maximum atomic E-state index is 13.3. The van der Waals surface area contributed by atoms with Crippen LogP contribution in [0.15, 0.2) is 36.5 Å². The largest absolute Gasteiger partial charge is 0.331 e. The molecule has 0 radical (unpaired) electrons. The molecule has 0 saturated carbocycles. The Kier molecular flexibility index (Phi) is 3.42. The van der Waals surface area contributed by atoms with Gasteiger partial charge in [-0.2, -0.15) is 5.10 Å². The van der Waals surface area contributed by atoms with Crippen LogP contribution in [-0.2, 0) is 18.3 Å². The minimum Gasteiger partial charge on any atom is -0.331 e. The maximum absolute atomic E-state index is 13.3. The number of anilines is 1. The highest BCUT2D eigenvalue weighted by atomic mass is 16.2. The lowest BCUT2D eigenvalue weighted by Crippen LogP contribution is -2.43. The topological polar surface area (TPSA) is 58.4 Å². The van der Waals surface area contributed by atoms with Crippen LogP contribution in [0.25, 0.3) is 0 Å².